The lowest BCUT2D eigenvalue weighted by Gasteiger charge is -2.17. The van der Waals surface area contributed by atoms with Crippen molar-refractivity contribution >= 4 is 23.2 Å². The predicted molar refractivity (Wildman–Crippen MR) is 107 cm³/mol. The van der Waals surface area contributed by atoms with Gasteiger partial charge in [0.05, 0.1) is 6.04 Å². The zero-order chi connectivity index (χ0) is 20.4. The lowest BCUT2D eigenvalue weighted by Crippen LogP contribution is -2.35. The fraction of sp³-hybridized carbons (Fsp3) is 0.263. The molecule has 2 atom stereocenters. The average Bonchev–Trinajstić information content (AvgIpc) is 3.36. The van der Waals surface area contributed by atoms with Crippen molar-refractivity contribution in [2.45, 2.75) is 32.4 Å². The molecule has 1 amide bonds. The van der Waals surface area contributed by atoms with Crippen molar-refractivity contribution in [2.75, 3.05) is 0 Å². The summed E-state index contributed by atoms with van der Waals surface area (Å²) in [5.74, 6) is 0.870. The maximum Gasteiger partial charge on any atom is 0.247 e. The van der Waals surface area contributed by atoms with Gasteiger partial charge in [-0.3, -0.25) is 9.20 Å². The van der Waals surface area contributed by atoms with Crippen LogP contribution in [0.4, 0.5) is 0 Å². The van der Waals surface area contributed by atoms with Gasteiger partial charge in [0, 0.05) is 16.8 Å². The minimum atomic E-state index is -0.592. The molecule has 4 aromatic rings. The van der Waals surface area contributed by atoms with Crippen LogP contribution in [0, 0.1) is 0 Å². The van der Waals surface area contributed by atoms with E-state index in [0.29, 0.717) is 23.1 Å². The summed E-state index contributed by atoms with van der Waals surface area (Å²) in [4.78, 5) is 14.2. The molecule has 3 heterocycles. The van der Waals surface area contributed by atoms with Crippen LogP contribution < -0.4 is 5.32 Å². The monoisotopic (exact) mass is 410 g/mol. The number of nitrogens with one attached hydrogen (secondary N) is 1. The van der Waals surface area contributed by atoms with Gasteiger partial charge >= 0.3 is 0 Å². The number of hydrogen-bond acceptors (Lipinski definition) is 6. The molecule has 0 aliphatic rings. The molecule has 1 aromatic carbocycles. The Hall–Kier alpha value is -3.33. The van der Waals surface area contributed by atoms with Crippen LogP contribution in [-0.2, 0) is 4.79 Å². The van der Waals surface area contributed by atoms with Crippen molar-refractivity contribution in [2.24, 2.45) is 0 Å². The number of carbonyl (C=O) groups is 1. The number of halogens is 1. The molecule has 0 aliphatic heterocycles. The molecule has 4 rings (SSSR count). The first-order chi connectivity index (χ1) is 14.1. The van der Waals surface area contributed by atoms with E-state index in [4.69, 9.17) is 11.6 Å². The van der Waals surface area contributed by atoms with Gasteiger partial charge in [0.2, 0.25) is 11.7 Å². The fourth-order valence-corrected chi connectivity index (χ4v) is 3.18. The number of fused-ring (bicyclic) bond motifs is 1. The van der Waals surface area contributed by atoms with Gasteiger partial charge in [-0.2, -0.15) is 4.80 Å². The molecule has 148 valence electrons. The second-order valence-electron chi connectivity index (χ2n) is 6.58. The quantitative estimate of drug-likeness (QED) is 0.524. The van der Waals surface area contributed by atoms with Crippen LogP contribution in [0.3, 0.4) is 0 Å². The average molecular weight is 411 g/mol. The second kappa shape index (κ2) is 7.96. The molecule has 0 saturated carbocycles. The van der Waals surface area contributed by atoms with Gasteiger partial charge < -0.3 is 5.32 Å². The minimum Gasteiger partial charge on any atom is -0.344 e. The minimum absolute atomic E-state index is 0.215. The Morgan fingerprint density at radius 2 is 1.93 bits per heavy atom. The summed E-state index contributed by atoms with van der Waals surface area (Å²) in [5, 5.41) is 24.4. The number of rotatable bonds is 6. The van der Waals surface area contributed by atoms with E-state index in [0.717, 1.165) is 11.2 Å². The third-order valence-electron chi connectivity index (χ3n) is 4.58. The first kappa shape index (κ1) is 19.0. The van der Waals surface area contributed by atoms with Crippen molar-refractivity contribution in [3.8, 4) is 11.4 Å². The molecule has 0 radical (unpaired) electrons. The standard InChI is InChI=1S/C19H19ClN8O/c1-3-15(28-25-17(23-26-28)13-7-9-14(20)10-8-13)19(29)21-12(2)18-24-22-16-6-4-5-11-27(16)18/h4-12,15H,3H2,1-2H3,(H,21,29). The Balaban J connectivity index is 1.52. The van der Waals surface area contributed by atoms with Gasteiger partial charge in [0.25, 0.3) is 0 Å². The molecule has 0 saturated heterocycles. The highest BCUT2D eigenvalue weighted by Crippen LogP contribution is 2.19. The van der Waals surface area contributed by atoms with Crippen molar-refractivity contribution in [3.05, 3.63) is 59.5 Å². The van der Waals surface area contributed by atoms with Gasteiger partial charge in [0.15, 0.2) is 17.5 Å². The van der Waals surface area contributed by atoms with E-state index in [1.165, 1.54) is 4.80 Å². The number of amides is 1. The van der Waals surface area contributed by atoms with Crippen molar-refractivity contribution in [3.63, 3.8) is 0 Å². The normalized spacial score (nSPS) is 13.3. The van der Waals surface area contributed by atoms with Crippen LogP contribution in [0.1, 0.15) is 38.2 Å². The van der Waals surface area contributed by atoms with E-state index in [9.17, 15) is 4.79 Å². The number of benzene rings is 1. The van der Waals surface area contributed by atoms with Gasteiger partial charge in [0.1, 0.15) is 0 Å². The van der Waals surface area contributed by atoms with Crippen LogP contribution in [0.2, 0.25) is 5.02 Å². The lowest BCUT2D eigenvalue weighted by atomic mass is 10.2. The highest BCUT2D eigenvalue weighted by Gasteiger charge is 2.25. The van der Waals surface area contributed by atoms with Crippen LogP contribution in [-0.4, -0.2) is 40.7 Å². The number of tetrazole rings is 1. The van der Waals surface area contributed by atoms with E-state index in [-0.39, 0.29) is 11.9 Å². The van der Waals surface area contributed by atoms with Gasteiger partial charge in [-0.25, -0.2) is 0 Å². The summed E-state index contributed by atoms with van der Waals surface area (Å²) in [6.45, 7) is 3.76. The molecular weight excluding hydrogens is 392 g/mol. The Morgan fingerprint density at radius 3 is 2.69 bits per heavy atom. The summed E-state index contributed by atoms with van der Waals surface area (Å²) in [5.41, 5.74) is 1.50. The predicted octanol–water partition coefficient (Wildman–Crippen LogP) is 2.86. The molecule has 29 heavy (non-hydrogen) atoms. The summed E-state index contributed by atoms with van der Waals surface area (Å²) in [6, 6.07) is 11.8. The number of hydrogen-bond donors (Lipinski definition) is 1. The second-order valence-corrected chi connectivity index (χ2v) is 7.02. The Bertz CT molecular complexity index is 1140. The highest BCUT2D eigenvalue weighted by molar-refractivity contribution is 6.30. The van der Waals surface area contributed by atoms with Crippen LogP contribution in [0.15, 0.2) is 48.7 Å². The topological polar surface area (TPSA) is 103 Å². The van der Waals surface area contributed by atoms with Gasteiger partial charge in [-0.15, -0.1) is 20.4 Å². The zero-order valence-electron chi connectivity index (χ0n) is 15.9. The summed E-state index contributed by atoms with van der Waals surface area (Å²) in [7, 11) is 0. The highest BCUT2D eigenvalue weighted by atomic mass is 35.5. The van der Waals surface area contributed by atoms with Gasteiger partial charge in [-0.05, 0) is 55.0 Å². The van der Waals surface area contributed by atoms with Crippen molar-refractivity contribution < 1.29 is 4.79 Å². The maximum absolute atomic E-state index is 12.9. The van der Waals surface area contributed by atoms with Crippen molar-refractivity contribution in [1.29, 1.82) is 0 Å². The van der Waals surface area contributed by atoms with E-state index < -0.39 is 6.04 Å². The molecule has 0 bridgehead atoms. The first-order valence-corrected chi connectivity index (χ1v) is 9.60. The van der Waals surface area contributed by atoms with Crippen LogP contribution >= 0.6 is 11.6 Å². The Labute approximate surface area is 171 Å². The molecule has 10 heteroatoms. The van der Waals surface area contributed by atoms with E-state index >= 15 is 0 Å². The molecule has 1 N–H and O–H groups in total. The molecule has 0 aliphatic carbocycles. The summed E-state index contributed by atoms with van der Waals surface area (Å²) in [6.07, 6.45) is 2.37. The molecule has 2 unspecified atom stereocenters. The van der Waals surface area contributed by atoms with Crippen molar-refractivity contribution in [1.82, 2.24) is 40.1 Å². The third kappa shape index (κ3) is 3.81. The zero-order valence-corrected chi connectivity index (χ0v) is 16.7. The third-order valence-corrected chi connectivity index (χ3v) is 4.84. The number of carbonyl (C=O) groups excluding carboxylic acids is 1. The molecule has 0 spiro atoms. The Kier molecular flexibility index (Phi) is 5.22. The summed E-state index contributed by atoms with van der Waals surface area (Å²) >= 11 is 5.92. The molecule has 9 nitrogen and oxygen atoms in total. The smallest absolute Gasteiger partial charge is 0.247 e. The maximum atomic E-state index is 12.9. The van der Waals surface area contributed by atoms with E-state index in [1.807, 2.05) is 54.8 Å². The number of nitrogens with zero attached hydrogens (tertiary/aromatic N) is 7. The van der Waals surface area contributed by atoms with Gasteiger partial charge in [-0.1, -0.05) is 24.6 Å². The Morgan fingerprint density at radius 1 is 1.14 bits per heavy atom. The van der Waals surface area contributed by atoms with Crippen LogP contribution in [0.25, 0.3) is 17.0 Å². The molecular formula is C19H19ClN8O. The largest absolute Gasteiger partial charge is 0.344 e. The lowest BCUT2D eigenvalue weighted by molar-refractivity contribution is -0.125. The molecule has 0 fully saturated rings. The molecule has 3 aromatic heterocycles. The number of pyridine rings is 1. The summed E-state index contributed by atoms with van der Waals surface area (Å²) < 4.78 is 1.85. The number of aromatic nitrogens is 7. The van der Waals surface area contributed by atoms with Crippen LogP contribution in [0.5, 0.6) is 0 Å². The van der Waals surface area contributed by atoms with E-state index in [2.05, 4.69) is 30.9 Å². The fourth-order valence-electron chi connectivity index (χ4n) is 3.05. The van der Waals surface area contributed by atoms with E-state index in [1.54, 1.807) is 12.1 Å². The first-order valence-electron chi connectivity index (χ1n) is 9.22. The SMILES string of the molecule is CCC(C(=O)NC(C)c1nnc2ccccn12)n1nnc(-c2ccc(Cl)cc2)n1.